The zero-order chi connectivity index (χ0) is 13.8. The summed E-state index contributed by atoms with van der Waals surface area (Å²) in [5.41, 5.74) is 8.21. The standard InChI is InChI=1S/C14H13BrN2OS/c1-9-7-11(15)4-5-12(9)18-8-10-3-2-6-17-13(10)14(16)19/h2-7H,8H2,1H3,(H2,16,19). The number of nitrogens with two attached hydrogens (primary N) is 1. The molecule has 0 aliphatic heterocycles. The highest BCUT2D eigenvalue weighted by atomic mass is 79.9. The van der Waals surface area contributed by atoms with Crippen LogP contribution in [0.1, 0.15) is 16.8 Å². The minimum atomic E-state index is 0.284. The lowest BCUT2D eigenvalue weighted by molar-refractivity contribution is 0.303. The Hall–Kier alpha value is -1.46. The predicted molar refractivity (Wildman–Crippen MR) is 83.3 cm³/mol. The molecule has 0 amide bonds. The summed E-state index contributed by atoms with van der Waals surface area (Å²) in [6.07, 6.45) is 1.67. The van der Waals surface area contributed by atoms with Gasteiger partial charge in [-0.3, -0.25) is 4.98 Å². The van der Waals surface area contributed by atoms with Crippen molar-refractivity contribution >= 4 is 33.1 Å². The Morgan fingerprint density at radius 3 is 2.89 bits per heavy atom. The lowest BCUT2D eigenvalue weighted by Gasteiger charge is -2.11. The van der Waals surface area contributed by atoms with E-state index in [1.807, 2.05) is 37.3 Å². The van der Waals surface area contributed by atoms with Crippen molar-refractivity contribution < 1.29 is 4.74 Å². The van der Waals surface area contributed by atoms with Crippen LogP contribution in [0.15, 0.2) is 41.0 Å². The zero-order valence-corrected chi connectivity index (χ0v) is 12.8. The molecule has 0 bridgehead atoms. The molecule has 1 heterocycles. The lowest BCUT2D eigenvalue weighted by atomic mass is 10.2. The van der Waals surface area contributed by atoms with Crippen molar-refractivity contribution in [2.45, 2.75) is 13.5 Å². The Morgan fingerprint density at radius 2 is 2.21 bits per heavy atom. The maximum absolute atomic E-state index is 5.79. The van der Waals surface area contributed by atoms with Gasteiger partial charge in [0.05, 0.1) is 0 Å². The van der Waals surface area contributed by atoms with Crippen molar-refractivity contribution in [3.8, 4) is 5.75 Å². The number of hydrogen-bond acceptors (Lipinski definition) is 3. The van der Waals surface area contributed by atoms with E-state index in [0.717, 1.165) is 21.3 Å². The Kier molecular flexibility index (Phi) is 4.50. The summed E-state index contributed by atoms with van der Waals surface area (Å²) in [5.74, 6) is 0.834. The molecule has 0 radical (unpaired) electrons. The molecule has 0 aliphatic rings. The molecule has 0 saturated carbocycles. The van der Waals surface area contributed by atoms with Gasteiger partial charge in [0.25, 0.3) is 0 Å². The van der Waals surface area contributed by atoms with Crippen LogP contribution in [0, 0.1) is 6.92 Å². The normalized spacial score (nSPS) is 10.2. The fraction of sp³-hybridized carbons (Fsp3) is 0.143. The molecule has 0 aliphatic carbocycles. The number of aromatic nitrogens is 1. The van der Waals surface area contributed by atoms with E-state index in [1.54, 1.807) is 6.20 Å². The number of halogens is 1. The molecule has 0 fully saturated rings. The lowest BCUT2D eigenvalue weighted by Crippen LogP contribution is -2.15. The van der Waals surface area contributed by atoms with Crippen molar-refractivity contribution in [1.82, 2.24) is 4.98 Å². The van der Waals surface area contributed by atoms with Gasteiger partial charge in [-0.25, -0.2) is 0 Å². The zero-order valence-electron chi connectivity index (χ0n) is 10.4. The summed E-state index contributed by atoms with van der Waals surface area (Å²) >= 11 is 8.40. The molecule has 0 spiro atoms. The number of rotatable bonds is 4. The molecule has 2 rings (SSSR count). The number of pyridine rings is 1. The monoisotopic (exact) mass is 336 g/mol. The van der Waals surface area contributed by atoms with E-state index in [-0.39, 0.29) is 4.99 Å². The van der Waals surface area contributed by atoms with E-state index in [2.05, 4.69) is 20.9 Å². The molecule has 2 aromatic rings. The van der Waals surface area contributed by atoms with Crippen LogP contribution in [0.5, 0.6) is 5.75 Å². The summed E-state index contributed by atoms with van der Waals surface area (Å²) in [6, 6.07) is 9.63. The Balaban J connectivity index is 2.17. The van der Waals surface area contributed by atoms with E-state index in [9.17, 15) is 0 Å². The predicted octanol–water partition coefficient (Wildman–Crippen LogP) is 3.37. The van der Waals surface area contributed by atoms with Gasteiger partial charge >= 0.3 is 0 Å². The minimum absolute atomic E-state index is 0.284. The highest BCUT2D eigenvalue weighted by molar-refractivity contribution is 9.10. The Labute approximate surface area is 125 Å². The maximum Gasteiger partial charge on any atom is 0.123 e. The highest BCUT2D eigenvalue weighted by Crippen LogP contribution is 2.23. The van der Waals surface area contributed by atoms with Gasteiger partial charge in [0.1, 0.15) is 23.0 Å². The van der Waals surface area contributed by atoms with Crippen LogP contribution in [0.2, 0.25) is 0 Å². The number of thiocarbonyl (C=S) groups is 1. The highest BCUT2D eigenvalue weighted by Gasteiger charge is 2.07. The first kappa shape index (κ1) is 14.0. The topological polar surface area (TPSA) is 48.1 Å². The molecular weight excluding hydrogens is 324 g/mol. The smallest absolute Gasteiger partial charge is 0.123 e. The van der Waals surface area contributed by atoms with Crippen molar-refractivity contribution in [3.63, 3.8) is 0 Å². The first-order valence-corrected chi connectivity index (χ1v) is 6.90. The molecule has 0 atom stereocenters. The molecule has 0 saturated heterocycles. The summed E-state index contributed by atoms with van der Waals surface area (Å²) in [6.45, 7) is 2.39. The third-order valence-corrected chi connectivity index (χ3v) is 3.33. The third kappa shape index (κ3) is 3.52. The Bertz CT molecular complexity index is 616. The average Bonchev–Trinajstić information content (AvgIpc) is 2.38. The van der Waals surface area contributed by atoms with Crippen LogP contribution in [0.4, 0.5) is 0 Å². The second-order valence-electron chi connectivity index (χ2n) is 4.07. The molecule has 5 heteroatoms. The van der Waals surface area contributed by atoms with E-state index < -0.39 is 0 Å². The van der Waals surface area contributed by atoms with E-state index in [1.165, 1.54) is 0 Å². The van der Waals surface area contributed by atoms with Gasteiger partial charge in [-0.15, -0.1) is 0 Å². The van der Waals surface area contributed by atoms with Crippen molar-refractivity contribution in [1.29, 1.82) is 0 Å². The molecular formula is C14H13BrN2OS. The van der Waals surface area contributed by atoms with Crippen molar-refractivity contribution in [3.05, 3.63) is 57.8 Å². The Morgan fingerprint density at radius 1 is 1.42 bits per heavy atom. The second-order valence-corrected chi connectivity index (χ2v) is 5.43. The third-order valence-electron chi connectivity index (χ3n) is 2.64. The van der Waals surface area contributed by atoms with E-state index in [0.29, 0.717) is 12.3 Å². The molecule has 3 nitrogen and oxygen atoms in total. The fourth-order valence-electron chi connectivity index (χ4n) is 1.71. The first-order valence-electron chi connectivity index (χ1n) is 5.70. The number of hydrogen-bond donors (Lipinski definition) is 1. The van der Waals surface area contributed by atoms with Crippen LogP contribution in [0.3, 0.4) is 0 Å². The maximum atomic E-state index is 5.79. The number of benzene rings is 1. The van der Waals surface area contributed by atoms with Crippen molar-refractivity contribution in [2.75, 3.05) is 0 Å². The summed E-state index contributed by atoms with van der Waals surface area (Å²) in [7, 11) is 0. The van der Waals surface area contributed by atoms with Crippen LogP contribution in [-0.2, 0) is 6.61 Å². The van der Waals surface area contributed by atoms with Gasteiger partial charge in [0.2, 0.25) is 0 Å². The quantitative estimate of drug-likeness (QED) is 0.869. The summed E-state index contributed by atoms with van der Waals surface area (Å²) < 4.78 is 6.82. The molecule has 19 heavy (non-hydrogen) atoms. The van der Waals surface area contributed by atoms with Crippen LogP contribution in [-0.4, -0.2) is 9.97 Å². The van der Waals surface area contributed by atoms with Gasteiger partial charge in [0.15, 0.2) is 0 Å². The van der Waals surface area contributed by atoms with Gasteiger partial charge in [-0.05, 0) is 36.8 Å². The van der Waals surface area contributed by atoms with Gasteiger partial charge in [-0.1, -0.05) is 34.2 Å². The van der Waals surface area contributed by atoms with E-state index >= 15 is 0 Å². The van der Waals surface area contributed by atoms with Gasteiger partial charge in [-0.2, -0.15) is 0 Å². The molecule has 1 aromatic carbocycles. The average molecular weight is 337 g/mol. The van der Waals surface area contributed by atoms with E-state index in [4.69, 9.17) is 22.7 Å². The van der Waals surface area contributed by atoms with Crippen LogP contribution in [0.25, 0.3) is 0 Å². The van der Waals surface area contributed by atoms with Gasteiger partial charge < -0.3 is 10.5 Å². The minimum Gasteiger partial charge on any atom is -0.489 e. The molecule has 0 unspecified atom stereocenters. The van der Waals surface area contributed by atoms with Crippen molar-refractivity contribution in [2.24, 2.45) is 5.73 Å². The van der Waals surface area contributed by atoms with Crippen LogP contribution < -0.4 is 10.5 Å². The number of nitrogens with zero attached hydrogens (tertiary/aromatic N) is 1. The summed E-state index contributed by atoms with van der Waals surface area (Å²) in [4.78, 5) is 4.46. The summed E-state index contributed by atoms with van der Waals surface area (Å²) in [5, 5.41) is 0. The number of ether oxygens (including phenoxy) is 1. The fourth-order valence-corrected chi connectivity index (χ4v) is 2.37. The largest absolute Gasteiger partial charge is 0.489 e. The van der Waals surface area contributed by atoms with Gasteiger partial charge in [0, 0.05) is 16.2 Å². The SMILES string of the molecule is Cc1cc(Br)ccc1OCc1cccnc1C(N)=S. The molecule has 98 valence electrons. The van der Waals surface area contributed by atoms with Crippen LogP contribution >= 0.6 is 28.1 Å². The first-order chi connectivity index (χ1) is 9.08. The molecule has 2 N–H and O–H groups in total. The number of aryl methyl sites for hydroxylation is 1. The molecule has 1 aromatic heterocycles. The second kappa shape index (κ2) is 6.12.